The molecule has 18 heavy (non-hydrogen) atoms. The van der Waals surface area contributed by atoms with Crippen LogP contribution in [0.5, 0.6) is 0 Å². The SMILES string of the molecule is Cc1cc(C(F)(F)F)ccc1C1CCCCCN1. The molecular weight excluding hydrogens is 239 g/mol. The average molecular weight is 257 g/mol. The molecule has 1 aliphatic heterocycles. The zero-order chi connectivity index (χ0) is 13.2. The Bertz CT molecular complexity index is 404. The van der Waals surface area contributed by atoms with Gasteiger partial charge in [-0.2, -0.15) is 13.2 Å². The molecule has 1 fully saturated rings. The summed E-state index contributed by atoms with van der Waals surface area (Å²) in [6.07, 6.45) is 0.240. The standard InChI is InChI=1S/C14H18F3N/c1-10-9-11(14(15,16)17)6-7-12(10)13-5-3-2-4-8-18-13/h6-7,9,13,18H,2-5,8H2,1H3. The van der Waals surface area contributed by atoms with Crippen molar-refractivity contribution >= 4 is 0 Å². The maximum absolute atomic E-state index is 12.6. The van der Waals surface area contributed by atoms with E-state index >= 15 is 0 Å². The second-order valence-electron chi connectivity index (χ2n) is 4.93. The third kappa shape index (κ3) is 3.05. The van der Waals surface area contributed by atoms with E-state index in [0.29, 0.717) is 0 Å². The lowest BCUT2D eigenvalue weighted by molar-refractivity contribution is -0.137. The van der Waals surface area contributed by atoms with Crippen LogP contribution in [0.1, 0.15) is 48.4 Å². The summed E-state index contributed by atoms with van der Waals surface area (Å²) in [6, 6.07) is 4.27. The van der Waals surface area contributed by atoms with Gasteiger partial charge in [-0.05, 0) is 49.6 Å². The Morgan fingerprint density at radius 2 is 1.94 bits per heavy atom. The molecule has 0 saturated carbocycles. The molecule has 0 aromatic heterocycles. The third-order valence-electron chi connectivity index (χ3n) is 3.53. The molecule has 1 aromatic rings. The van der Waals surface area contributed by atoms with Crippen LogP contribution in [0.25, 0.3) is 0 Å². The Hall–Kier alpha value is -1.03. The Labute approximate surface area is 105 Å². The molecule has 1 nitrogen and oxygen atoms in total. The van der Waals surface area contributed by atoms with Crippen LogP contribution in [-0.4, -0.2) is 6.54 Å². The van der Waals surface area contributed by atoms with Crippen molar-refractivity contribution in [3.8, 4) is 0 Å². The Balaban J connectivity index is 2.23. The van der Waals surface area contributed by atoms with Crippen molar-refractivity contribution in [3.63, 3.8) is 0 Å². The summed E-state index contributed by atoms with van der Waals surface area (Å²) in [7, 11) is 0. The Kier molecular flexibility index (Phi) is 3.95. The number of halogens is 3. The fraction of sp³-hybridized carbons (Fsp3) is 0.571. The van der Waals surface area contributed by atoms with Gasteiger partial charge in [-0.15, -0.1) is 0 Å². The van der Waals surface area contributed by atoms with E-state index in [0.717, 1.165) is 36.9 Å². The smallest absolute Gasteiger partial charge is 0.310 e. The van der Waals surface area contributed by atoms with Gasteiger partial charge in [-0.3, -0.25) is 0 Å². The van der Waals surface area contributed by atoms with E-state index in [1.807, 2.05) is 0 Å². The first-order valence-corrected chi connectivity index (χ1v) is 6.39. The molecule has 0 amide bonds. The van der Waals surface area contributed by atoms with Crippen molar-refractivity contribution in [3.05, 3.63) is 34.9 Å². The molecule has 1 saturated heterocycles. The Morgan fingerprint density at radius 3 is 2.61 bits per heavy atom. The van der Waals surface area contributed by atoms with E-state index in [1.54, 1.807) is 13.0 Å². The summed E-state index contributed by atoms with van der Waals surface area (Å²) >= 11 is 0. The first kappa shape index (κ1) is 13.4. The highest BCUT2D eigenvalue weighted by Gasteiger charge is 2.31. The predicted molar refractivity (Wildman–Crippen MR) is 65.4 cm³/mol. The van der Waals surface area contributed by atoms with E-state index < -0.39 is 11.7 Å². The average Bonchev–Trinajstić information content (AvgIpc) is 2.56. The van der Waals surface area contributed by atoms with Gasteiger partial charge in [0.05, 0.1) is 5.56 Å². The predicted octanol–water partition coefficient (Wildman–Crippen LogP) is 4.22. The molecule has 4 heteroatoms. The molecule has 1 atom stereocenters. The van der Waals surface area contributed by atoms with Crippen LogP contribution in [0.3, 0.4) is 0 Å². The van der Waals surface area contributed by atoms with Gasteiger partial charge in [0.15, 0.2) is 0 Å². The van der Waals surface area contributed by atoms with Gasteiger partial charge in [0, 0.05) is 6.04 Å². The minimum Gasteiger partial charge on any atom is -0.310 e. The molecule has 1 heterocycles. The van der Waals surface area contributed by atoms with E-state index in [1.165, 1.54) is 18.6 Å². The molecule has 1 unspecified atom stereocenters. The van der Waals surface area contributed by atoms with Crippen molar-refractivity contribution in [1.82, 2.24) is 5.32 Å². The number of rotatable bonds is 1. The van der Waals surface area contributed by atoms with E-state index in [2.05, 4.69) is 5.32 Å². The van der Waals surface area contributed by atoms with Crippen molar-refractivity contribution < 1.29 is 13.2 Å². The quantitative estimate of drug-likeness (QED) is 0.794. The monoisotopic (exact) mass is 257 g/mol. The lowest BCUT2D eigenvalue weighted by Crippen LogP contribution is -2.21. The van der Waals surface area contributed by atoms with Gasteiger partial charge in [0.1, 0.15) is 0 Å². The lowest BCUT2D eigenvalue weighted by atomic mass is 9.96. The number of hydrogen-bond donors (Lipinski definition) is 1. The van der Waals surface area contributed by atoms with Crippen LogP contribution in [0.2, 0.25) is 0 Å². The number of alkyl halides is 3. The molecule has 1 N–H and O–H groups in total. The number of aryl methyl sites for hydroxylation is 1. The first-order chi connectivity index (χ1) is 8.48. The summed E-state index contributed by atoms with van der Waals surface area (Å²) in [4.78, 5) is 0. The van der Waals surface area contributed by atoms with Crippen molar-refractivity contribution in [2.45, 2.75) is 44.8 Å². The van der Waals surface area contributed by atoms with Crippen LogP contribution in [-0.2, 0) is 6.18 Å². The maximum atomic E-state index is 12.6. The van der Waals surface area contributed by atoms with E-state index in [4.69, 9.17) is 0 Å². The fourth-order valence-electron chi connectivity index (χ4n) is 2.54. The minimum atomic E-state index is -4.25. The van der Waals surface area contributed by atoms with Crippen molar-refractivity contribution in [2.75, 3.05) is 6.54 Å². The summed E-state index contributed by atoms with van der Waals surface area (Å²) < 4.78 is 37.8. The molecule has 0 bridgehead atoms. The minimum absolute atomic E-state index is 0.204. The first-order valence-electron chi connectivity index (χ1n) is 6.39. The highest BCUT2D eigenvalue weighted by Crippen LogP contribution is 2.33. The second-order valence-corrected chi connectivity index (χ2v) is 4.93. The topological polar surface area (TPSA) is 12.0 Å². The summed E-state index contributed by atoms with van der Waals surface area (Å²) in [6.45, 7) is 2.71. The van der Waals surface area contributed by atoms with Gasteiger partial charge in [0.25, 0.3) is 0 Å². The van der Waals surface area contributed by atoms with E-state index in [-0.39, 0.29) is 6.04 Å². The maximum Gasteiger partial charge on any atom is 0.416 e. The number of nitrogens with one attached hydrogen (secondary N) is 1. The molecule has 0 aliphatic carbocycles. The third-order valence-corrected chi connectivity index (χ3v) is 3.53. The van der Waals surface area contributed by atoms with Gasteiger partial charge in [0.2, 0.25) is 0 Å². The second kappa shape index (κ2) is 5.31. The van der Waals surface area contributed by atoms with Crippen molar-refractivity contribution in [2.24, 2.45) is 0 Å². The zero-order valence-corrected chi connectivity index (χ0v) is 10.5. The highest BCUT2D eigenvalue weighted by molar-refractivity contribution is 5.34. The lowest BCUT2D eigenvalue weighted by Gasteiger charge is -2.19. The summed E-state index contributed by atoms with van der Waals surface area (Å²) in [5, 5.41) is 3.42. The zero-order valence-electron chi connectivity index (χ0n) is 10.5. The van der Waals surface area contributed by atoms with Crippen LogP contribution in [0.4, 0.5) is 13.2 Å². The van der Waals surface area contributed by atoms with Gasteiger partial charge >= 0.3 is 6.18 Å². The number of hydrogen-bond acceptors (Lipinski definition) is 1. The van der Waals surface area contributed by atoms with Crippen LogP contribution < -0.4 is 5.32 Å². The molecule has 1 aromatic carbocycles. The normalized spacial score (nSPS) is 21.7. The van der Waals surface area contributed by atoms with Crippen LogP contribution >= 0.6 is 0 Å². The van der Waals surface area contributed by atoms with Crippen LogP contribution in [0.15, 0.2) is 18.2 Å². The van der Waals surface area contributed by atoms with Crippen LogP contribution in [0, 0.1) is 6.92 Å². The number of benzene rings is 1. The molecule has 0 radical (unpaired) electrons. The molecular formula is C14H18F3N. The molecule has 2 rings (SSSR count). The highest BCUT2D eigenvalue weighted by atomic mass is 19.4. The van der Waals surface area contributed by atoms with Gasteiger partial charge in [-0.25, -0.2) is 0 Å². The summed E-state index contributed by atoms with van der Waals surface area (Å²) in [5.41, 5.74) is 1.17. The largest absolute Gasteiger partial charge is 0.416 e. The Morgan fingerprint density at radius 1 is 1.17 bits per heavy atom. The van der Waals surface area contributed by atoms with Gasteiger partial charge in [-0.1, -0.05) is 18.9 Å². The molecule has 1 aliphatic rings. The fourth-order valence-corrected chi connectivity index (χ4v) is 2.54. The molecule has 0 spiro atoms. The van der Waals surface area contributed by atoms with Gasteiger partial charge < -0.3 is 5.32 Å². The molecule has 100 valence electrons. The van der Waals surface area contributed by atoms with Crippen molar-refractivity contribution in [1.29, 1.82) is 0 Å². The van der Waals surface area contributed by atoms with E-state index in [9.17, 15) is 13.2 Å². The summed E-state index contributed by atoms with van der Waals surface area (Å²) in [5.74, 6) is 0.